The van der Waals surface area contributed by atoms with Crippen LogP contribution in [0.1, 0.15) is 27.0 Å². The predicted molar refractivity (Wildman–Crippen MR) is 128 cm³/mol. The summed E-state index contributed by atoms with van der Waals surface area (Å²) in [6, 6.07) is 14.5. The summed E-state index contributed by atoms with van der Waals surface area (Å²) >= 11 is 5.95. The molecule has 0 unspecified atom stereocenters. The van der Waals surface area contributed by atoms with Gasteiger partial charge in [0.2, 0.25) is 15.9 Å². The largest absolute Gasteiger partial charge is 0.507 e. The fourth-order valence-electron chi connectivity index (χ4n) is 3.95. The van der Waals surface area contributed by atoms with Crippen LogP contribution in [0.15, 0.2) is 65.6 Å². The Balaban J connectivity index is 1.58. The van der Waals surface area contributed by atoms with Crippen LogP contribution in [-0.4, -0.2) is 41.4 Å². The second-order valence-electron chi connectivity index (χ2n) is 8.15. The normalized spacial score (nSPS) is 15.4. The summed E-state index contributed by atoms with van der Waals surface area (Å²) < 4.78 is 22.9. The van der Waals surface area contributed by atoms with E-state index in [0.29, 0.717) is 5.56 Å². The minimum Gasteiger partial charge on any atom is -0.507 e. The van der Waals surface area contributed by atoms with E-state index in [1.165, 1.54) is 29.2 Å². The average molecular weight is 516 g/mol. The van der Waals surface area contributed by atoms with E-state index < -0.39 is 33.6 Å². The number of nitrogens with zero attached hydrogens (tertiary/aromatic N) is 1. The van der Waals surface area contributed by atoms with Crippen LogP contribution < -0.4 is 10.5 Å². The molecule has 1 atom stereocenters. The van der Waals surface area contributed by atoms with E-state index in [9.17, 15) is 28.2 Å². The number of nitrogens with two attached hydrogens (primary N) is 1. The molecule has 0 aromatic heterocycles. The molecule has 2 amide bonds. The second-order valence-corrected chi connectivity index (χ2v) is 10.1. The van der Waals surface area contributed by atoms with E-state index in [1.807, 2.05) is 24.3 Å². The minimum atomic E-state index is -3.83. The maximum Gasteiger partial charge on any atom is 0.258 e. The molecule has 9 nitrogen and oxygen atoms in total. The summed E-state index contributed by atoms with van der Waals surface area (Å²) in [7, 11) is -3.83. The Labute approximate surface area is 206 Å². The standard InChI is InChI=1S/C24H22ClN3O6S/c25-19-10-18(21(29)11-22(19)30)24(32)28-13-16-4-2-1-3-15(16)9-20(28)23(31)27-12-14-5-7-17(8-6-14)35(26,33)34/h1-8,10-11,20,29-30H,9,12-13H2,(H,27,31)(H2,26,33,34)/t20-/m1/s1. The molecule has 0 fully saturated rings. The number of halogens is 1. The van der Waals surface area contributed by atoms with Crippen LogP contribution in [0.2, 0.25) is 5.02 Å². The lowest BCUT2D eigenvalue weighted by molar-refractivity contribution is -0.126. The van der Waals surface area contributed by atoms with Gasteiger partial charge >= 0.3 is 0 Å². The molecule has 0 spiro atoms. The first kappa shape index (κ1) is 24.5. The zero-order valence-corrected chi connectivity index (χ0v) is 19.9. The lowest BCUT2D eigenvalue weighted by Crippen LogP contribution is -2.52. The highest BCUT2D eigenvalue weighted by Gasteiger charge is 2.36. The minimum absolute atomic E-state index is 0.0411. The molecule has 1 aliphatic rings. The summed E-state index contributed by atoms with van der Waals surface area (Å²) in [4.78, 5) is 27.9. The number of benzene rings is 3. The molecule has 1 aliphatic heterocycles. The summed E-state index contributed by atoms with van der Waals surface area (Å²) in [6.07, 6.45) is 0.255. The van der Waals surface area contributed by atoms with Crippen LogP contribution >= 0.6 is 11.6 Å². The monoisotopic (exact) mass is 515 g/mol. The molecule has 1 heterocycles. The Bertz CT molecular complexity index is 1410. The highest BCUT2D eigenvalue weighted by atomic mass is 35.5. The van der Waals surface area contributed by atoms with Crippen LogP contribution in [0.5, 0.6) is 11.5 Å². The van der Waals surface area contributed by atoms with Crippen molar-refractivity contribution in [1.82, 2.24) is 10.2 Å². The first-order valence-electron chi connectivity index (χ1n) is 10.5. The average Bonchev–Trinajstić information content (AvgIpc) is 2.83. The Kier molecular flexibility index (Phi) is 6.70. The van der Waals surface area contributed by atoms with E-state index in [1.54, 1.807) is 0 Å². The van der Waals surface area contributed by atoms with Crippen molar-refractivity contribution < 1.29 is 28.2 Å². The molecule has 0 bridgehead atoms. The Morgan fingerprint density at radius 3 is 2.34 bits per heavy atom. The molecule has 35 heavy (non-hydrogen) atoms. The van der Waals surface area contributed by atoms with Gasteiger partial charge in [-0.25, -0.2) is 13.6 Å². The fourth-order valence-corrected chi connectivity index (χ4v) is 4.63. The number of carbonyl (C=O) groups is 2. The van der Waals surface area contributed by atoms with Gasteiger partial charge in [-0.1, -0.05) is 48.0 Å². The number of hydrogen-bond donors (Lipinski definition) is 4. The van der Waals surface area contributed by atoms with Crippen molar-refractivity contribution in [2.24, 2.45) is 5.14 Å². The van der Waals surface area contributed by atoms with Gasteiger partial charge in [0, 0.05) is 25.6 Å². The van der Waals surface area contributed by atoms with E-state index in [-0.39, 0.29) is 40.7 Å². The zero-order valence-electron chi connectivity index (χ0n) is 18.3. The topological polar surface area (TPSA) is 150 Å². The van der Waals surface area contributed by atoms with Crippen LogP contribution in [0.4, 0.5) is 0 Å². The lowest BCUT2D eigenvalue weighted by Gasteiger charge is -2.36. The van der Waals surface area contributed by atoms with Crippen molar-refractivity contribution in [2.75, 3.05) is 0 Å². The SMILES string of the molecule is NS(=O)(=O)c1ccc(CNC(=O)[C@H]2Cc3ccccc3CN2C(=O)c2cc(Cl)c(O)cc2O)cc1. The third-order valence-corrected chi connectivity index (χ3v) is 7.06. The third-order valence-electron chi connectivity index (χ3n) is 5.83. The van der Waals surface area contributed by atoms with Crippen LogP contribution in [0.3, 0.4) is 0 Å². The van der Waals surface area contributed by atoms with Crippen molar-refractivity contribution >= 4 is 33.4 Å². The lowest BCUT2D eigenvalue weighted by atomic mass is 9.92. The highest BCUT2D eigenvalue weighted by Crippen LogP contribution is 2.33. The number of hydrogen-bond acceptors (Lipinski definition) is 6. The summed E-state index contributed by atoms with van der Waals surface area (Å²) in [6.45, 7) is 0.230. The number of rotatable bonds is 5. The van der Waals surface area contributed by atoms with Gasteiger partial charge in [-0.3, -0.25) is 9.59 Å². The maximum atomic E-state index is 13.4. The number of phenolic OH excluding ortho intramolecular Hbond substituents is 2. The van der Waals surface area contributed by atoms with E-state index in [2.05, 4.69) is 5.32 Å². The Morgan fingerprint density at radius 1 is 1.03 bits per heavy atom. The summed E-state index contributed by atoms with van der Waals surface area (Å²) in [5, 5.41) is 27.7. The van der Waals surface area contributed by atoms with Crippen molar-refractivity contribution in [3.05, 3.63) is 87.9 Å². The number of primary sulfonamides is 1. The molecule has 0 saturated carbocycles. The number of nitrogens with one attached hydrogen (secondary N) is 1. The molecule has 182 valence electrons. The Morgan fingerprint density at radius 2 is 1.69 bits per heavy atom. The third kappa shape index (κ3) is 5.24. The van der Waals surface area contributed by atoms with Gasteiger partial charge in [-0.15, -0.1) is 0 Å². The quantitative estimate of drug-likeness (QED) is 0.409. The number of amides is 2. The summed E-state index contributed by atoms with van der Waals surface area (Å²) in [5.41, 5.74) is 2.29. The van der Waals surface area contributed by atoms with E-state index >= 15 is 0 Å². The molecular formula is C24H22ClN3O6S. The Hall–Kier alpha value is -3.60. The molecule has 0 aliphatic carbocycles. The van der Waals surface area contributed by atoms with E-state index in [4.69, 9.17) is 16.7 Å². The van der Waals surface area contributed by atoms with Crippen molar-refractivity contribution in [1.29, 1.82) is 0 Å². The molecule has 11 heteroatoms. The van der Waals surface area contributed by atoms with Crippen LogP contribution in [0, 0.1) is 0 Å². The van der Waals surface area contributed by atoms with Gasteiger partial charge in [0.05, 0.1) is 15.5 Å². The molecule has 3 aromatic carbocycles. The van der Waals surface area contributed by atoms with Crippen molar-refractivity contribution in [2.45, 2.75) is 30.4 Å². The van der Waals surface area contributed by atoms with Gasteiger partial charge in [0.15, 0.2) is 0 Å². The van der Waals surface area contributed by atoms with Gasteiger partial charge < -0.3 is 20.4 Å². The van der Waals surface area contributed by atoms with Gasteiger partial charge in [-0.2, -0.15) is 0 Å². The second kappa shape index (κ2) is 9.57. The number of aromatic hydroxyl groups is 2. The smallest absolute Gasteiger partial charge is 0.258 e. The van der Waals surface area contributed by atoms with Gasteiger partial charge in [0.25, 0.3) is 5.91 Å². The number of phenols is 2. The molecule has 5 N–H and O–H groups in total. The van der Waals surface area contributed by atoms with Gasteiger partial charge in [0.1, 0.15) is 17.5 Å². The molecule has 4 rings (SSSR count). The number of sulfonamides is 1. The zero-order chi connectivity index (χ0) is 25.3. The van der Waals surface area contributed by atoms with Crippen molar-refractivity contribution in [3.8, 4) is 11.5 Å². The molecular weight excluding hydrogens is 494 g/mol. The fraction of sp³-hybridized carbons (Fsp3) is 0.167. The molecule has 0 saturated heterocycles. The predicted octanol–water partition coefficient (Wildman–Crippen LogP) is 2.28. The van der Waals surface area contributed by atoms with Crippen molar-refractivity contribution in [3.63, 3.8) is 0 Å². The first-order valence-corrected chi connectivity index (χ1v) is 12.5. The molecule has 0 radical (unpaired) electrons. The summed E-state index contributed by atoms with van der Waals surface area (Å²) in [5.74, 6) is -1.86. The molecule has 3 aromatic rings. The number of carbonyl (C=O) groups excluding carboxylic acids is 2. The van der Waals surface area contributed by atoms with Crippen LogP contribution in [-0.2, 0) is 34.3 Å². The maximum absolute atomic E-state index is 13.4. The van der Waals surface area contributed by atoms with Crippen LogP contribution in [0.25, 0.3) is 0 Å². The first-order chi connectivity index (χ1) is 16.5. The highest BCUT2D eigenvalue weighted by molar-refractivity contribution is 7.89. The number of fused-ring (bicyclic) bond motifs is 1. The van der Waals surface area contributed by atoms with Gasteiger partial charge in [-0.05, 0) is 34.9 Å². The van der Waals surface area contributed by atoms with E-state index in [0.717, 1.165) is 23.3 Å².